The largest absolute Gasteiger partial charge is 0.469 e. The summed E-state index contributed by atoms with van der Waals surface area (Å²) in [4.78, 5) is 11.4. The van der Waals surface area contributed by atoms with Crippen molar-refractivity contribution in [1.29, 1.82) is 5.26 Å². The minimum atomic E-state index is -0.317. The Kier molecular flexibility index (Phi) is 5.17. The third-order valence-corrected chi connectivity index (χ3v) is 3.29. The first-order valence-corrected chi connectivity index (χ1v) is 6.46. The number of carbonyl (C=O) groups is 1. The van der Waals surface area contributed by atoms with E-state index in [2.05, 4.69) is 26.7 Å². The fourth-order valence-corrected chi connectivity index (χ4v) is 2.21. The van der Waals surface area contributed by atoms with Crippen LogP contribution in [0.5, 0.6) is 0 Å². The van der Waals surface area contributed by atoms with Crippen LogP contribution >= 0.6 is 15.9 Å². The van der Waals surface area contributed by atoms with E-state index in [0.29, 0.717) is 10.9 Å². The lowest BCUT2D eigenvalue weighted by molar-refractivity contribution is -0.139. The van der Waals surface area contributed by atoms with E-state index in [1.165, 1.54) is 7.11 Å². The second-order valence-corrected chi connectivity index (χ2v) is 4.15. The van der Waals surface area contributed by atoms with Crippen molar-refractivity contribution in [1.82, 2.24) is 0 Å². The minimum absolute atomic E-state index is 0.156. The first kappa shape index (κ1) is 13.7. The predicted molar refractivity (Wildman–Crippen MR) is 68.9 cm³/mol. The molecule has 0 amide bonds. The molecule has 0 N–H and O–H groups in total. The van der Waals surface area contributed by atoms with Crippen LogP contribution < -0.4 is 0 Å². The molecule has 0 spiro atoms. The van der Waals surface area contributed by atoms with Crippen LogP contribution in [0.25, 0.3) is 0 Å². The van der Waals surface area contributed by atoms with Gasteiger partial charge in [0.2, 0.25) is 0 Å². The van der Waals surface area contributed by atoms with Gasteiger partial charge < -0.3 is 4.74 Å². The van der Waals surface area contributed by atoms with Crippen molar-refractivity contribution < 1.29 is 9.53 Å². The summed E-state index contributed by atoms with van der Waals surface area (Å²) in [6.07, 6.45) is 0.951. The Hall–Kier alpha value is -1.34. The highest BCUT2D eigenvalue weighted by Gasteiger charge is 2.15. The number of nitrogens with zero attached hydrogens (tertiary/aromatic N) is 1. The lowest BCUT2D eigenvalue weighted by Gasteiger charge is -2.11. The Morgan fingerprint density at radius 1 is 1.47 bits per heavy atom. The summed E-state index contributed by atoms with van der Waals surface area (Å²) in [5, 5.41) is 9.82. The molecule has 0 heterocycles. The Bertz CT molecular complexity index is 463. The highest BCUT2D eigenvalue weighted by Crippen LogP contribution is 2.22. The predicted octanol–water partition coefficient (Wildman–Crippen LogP) is 2.73. The average molecular weight is 296 g/mol. The molecule has 0 aliphatic rings. The molecule has 0 aliphatic heterocycles. The molecule has 17 heavy (non-hydrogen) atoms. The second-order valence-electron chi connectivity index (χ2n) is 3.59. The zero-order valence-electron chi connectivity index (χ0n) is 9.92. The van der Waals surface area contributed by atoms with Crippen molar-refractivity contribution in [2.45, 2.75) is 25.1 Å². The van der Waals surface area contributed by atoms with E-state index in [-0.39, 0.29) is 12.4 Å². The number of esters is 1. The first-order valence-electron chi connectivity index (χ1n) is 5.34. The molecule has 1 aromatic rings. The lowest BCUT2D eigenvalue weighted by Crippen LogP contribution is -2.10. The van der Waals surface area contributed by atoms with Gasteiger partial charge in [0, 0.05) is 5.33 Å². The number of alkyl halides is 1. The van der Waals surface area contributed by atoms with Gasteiger partial charge in [-0.3, -0.25) is 4.79 Å². The minimum Gasteiger partial charge on any atom is -0.469 e. The van der Waals surface area contributed by atoms with Gasteiger partial charge in [-0.1, -0.05) is 35.0 Å². The standard InChI is InChI=1S/C13H14BrNO2/c1-3-9-4-5-10(7-14)12(8-15)11(9)6-13(16)17-2/h4-5H,3,6-7H2,1-2H3. The molecule has 0 fully saturated rings. The van der Waals surface area contributed by atoms with E-state index in [0.717, 1.165) is 23.1 Å². The molecule has 4 heteroatoms. The highest BCUT2D eigenvalue weighted by atomic mass is 79.9. The molecular formula is C13H14BrNO2. The van der Waals surface area contributed by atoms with E-state index in [1.54, 1.807) is 0 Å². The molecule has 1 aromatic carbocycles. The van der Waals surface area contributed by atoms with Gasteiger partial charge in [-0.15, -0.1) is 0 Å². The summed E-state index contributed by atoms with van der Waals surface area (Å²) in [7, 11) is 1.36. The van der Waals surface area contributed by atoms with E-state index in [1.807, 2.05) is 19.1 Å². The van der Waals surface area contributed by atoms with Crippen LogP contribution in [0, 0.1) is 11.3 Å². The Balaban J connectivity index is 3.31. The van der Waals surface area contributed by atoms with Crippen LogP contribution in [0.2, 0.25) is 0 Å². The summed E-state index contributed by atoms with van der Waals surface area (Å²) in [5.74, 6) is -0.317. The smallest absolute Gasteiger partial charge is 0.310 e. The van der Waals surface area contributed by atoms with Gasteiger partial charge in [-0.25, -0.2) is 0 Å². The number of methoxy groups -OCH3 is 1. The number of halogens is 1. The maximum Gasteiger partial charge on any atom is 0.310 e. The van der Waals surface area contributed by atoms with Crippen LogP contribution in [-0.4, -0.2) is 13.1 Å². The molecular weight excluding hydrogens is 282 g/mol. The Morgan fingerprint density at radius 3 is 2.59 bits per heavy atom. The normalized spacial score (nSPS) is 9.76. The van der Waals surface area contributed by atoms with Crippen LogP contribution in [0.15, 0.2) is 12.1 Å². The van der Waals surface area contributed by atoms with E-state index in [9.17, 15) is 10.1 Å². The van der Waals surface area contributed by atoms with E-state index in [4.69, 9.17) is 0 Å². The van der Waals surface area contributed by atoms with Crippen molar-refractivity contribution in [3.8, 4) is 6.07 Å². The van der Waals surface area contributed by atoms with Crippen molar-refractivity contribution in [2.75, 3.05) is 7.11 Å². The summed E-state index contributed by atoms with van der Waals surface area (Å²) < 4.78 is 4.67. The van der Waals surface area contributed by atoms with Gasteiger partial charge in [0.25, 0.3) is 0 Å². The molecule has 0 unspecified atom stereocenters. The maximum absolute atomic E-state index is 11.4. The van der Waals surface area contributed by atoms with Crippen LogP contribution in [0.4, 0.5) is 0 Å². The molecule has 0 saturated heterocycles. The Labute approximate surface area is 110 Å². The summed E-state index contributed by atoms with van der Waals surface area (Å²) in [6.45, 7) is 2.01. The van der Waals surface area contributed by atoms with Gasteiger partial charge in [0.15, 0.2) is 0 Å². The summed E-state index contributed by atoms with van der Waals surface area (Å²) in [5.41, 5.74) is 3.31. The monoisotopic (exact) mass is 295 g/mol. The number of benzene rings is 1. The number of rotatable bonds is 4. The highest BCUT2D eigenvalue weighted by molar-refractivity contribution is 9.08. The topological polar surface area (TPSA) is 50.1 Å². The van der Waals surface area contributed by atoms with Crippen molar-refractivity contribution in [3.63, 3.8) is 0 Å². The quantitative estimate of drug-likeness (QED) is 0.634. The average Bonchev–Trinajstić information content (AvgIpc) is 2.37. The van der Waals surface area contributed by atoms with Gasteiger partial charge in [-0.05, 0) is 23.1 Å². The van der Waals surface area contributed by atoms with Gasteiger partial charge >= 0.3 is 5.97 Å². The van der Waals surface area contributed by atoms with Gasteiger partial charge in [0.1, 0.15) is 0 Å². The molecule has 3 nitrogen and oxygen atoms in total. The van der Waals surface area contributed by atoms with Crippen molar-refractivity contribution in [3.05, 3.63) is 34.4 Å². The number of carbonyl (C=O) groups excluding carboxylic acids is 1. The molecule has 0 saturated carbocycles. The third-order valence-electron chi connectivity index (χ3n) is 2.68. The number of ether oxygens (including phenoxy) is 1. The number of nitriles is 1. The first-order chi connectivity index (χ1) is 8.17. The van der Waals surface area contributed by atoms with E-state index >= 15 is 0 Å². The molecule has 90 valence electrons. The third kappa shape index (κ3) is 3.07. The van der Waals surface area contributed by atoms with Crippen molar-refractivity contribution in [2.24, 2.45) is 0 Å². The molecule has 0 radical (unpaired) electrons. The van der Waals surface area contributed by atoms with Crippen LogP contribution in [-0.2, 0) is 27.7 Å². The SMILES string of the molecule is CCc1ccc(CBr)c(C#N)c1CC(=O)OC. The number of hydrogen-bond donors (Lipinski definition) is 0. The molecule has 0 aromatic heterocycles. The zero-order chi connectivity index (χ0) is 12.8. The maximum atomic E-state index is 11.4. The number of hydrogen-bond acceptors (Lipinski definition) is 3. The fourth-order valence-electron chi connectivity index (χ4n) is 1.74. The van der Waals surface area contributed by atoms with Gasteiger partial charge in [-0.2, -0.15) is 5.26 Å². The lowest BCUT2D eigenvalue weighted by atomic mass is 9.94. The zero-order valence-corrected chi connectivity index (χ0v) is 11.5. The van der Waals surface area contributed by atoms with Gasteiger partial charge in [0.05, 0.1) is 25.2 Å². The fraction of sp³-hybridized carbons (Fsp3) is 0.385. The second kappa shape index (κ2) is 6.41. The summed E-state index contributed by atoms with van der Waals surface area (Å²) in [6, 6.07) is 6.07. The van der Waals surface area contributed by atoms with Crippen LogP contribution in [0.1, 0.15) is 29.2 Å². The van der Waals surface area contributed by atoms with E-state index < -0.39 is 0 Å². The molecule has 0 atom stereocenters. The van der Waals surface area contributed by atoms with Crippen molar-refractivity contribution >= 4 is 21.9 Å². The Morgan fingerprint density at radius 2 is 2.12 bits per heavy atom. The number of aryl methyl sites for hydroxylation is 1. The molecule has 0 aliphatic carbocycles. The summed E-state index contributed by atoms with van der Waals surface area (Å²) >= 11 is 3.35. The van der Waals surface area contributed by atoms with Crippen LogP contribution in [0.3, 0.4) is 0 Å². The molecule has 0 bridgehead atoms. The molecule has 1 rings (SSSR count).